The summed E-state index contributed by atoms with van der Waals surface area (Å²) in [7, 11) is 0. The van der Waals surface area contributed by atoms with Crippen LogP contribution in [0.5, 0.6) is 0 Å². The molecular weight excluding hydrogens is 773 g/mol. The Kier molecular flexibility index (Phi) is 9.20. The van der Waals surface area contributed by atoms with Crippen LogP contribution in [0.2, 0.25) is 0 Å². The van der Waals surface area contributed by atoms with Gasteiger partial charge in [0.1, 0.15) is 0 Å². The lowest BCUT2D eigenvalue weighted by atomic mass is 9.93. The van der Waals surface area contributed by atoms with Gasteiger partial charge in [-0.15, -0.1) is 0 Å². The highest BCUT2D eigenvalue weighted by Crippen LogP contribution is 2.45. The molecule has 0 radical (unpaired) electrons. The van der Waals surface area contributed by atoms with E-state index in [1.54, 1.807) is 0 Å². The van der Waals surface area contributed by atoms with Gasteiger partial charge in [0.15, 0.2) is 0 Å². The Labute approximate surface area is 373 Å². The van der Waals surface area contributed by atoms with Crippen molar-refractivity contribution in [2.75, 3.05) is 4.90 Å². The molecule has 1 aromatic heterocycles. The predicted octanol–water partition coefficient (Wildman–Crippen LogP) is 17.2. The molecule has 0 saturated heterocycles. The van der Waals surface area contributed by atoms with Crippen LogP contribution in [0.3, 0.4) is 0 Å². The molecule has 0 bridgehead atoms. The fraction of sp³-hybridized carbons (Fsp3) is 0. The van der Waals surface area contributed by atoms with Crippen molar-refractivity contribution < 1.29 is 0 Å². The molecule has 2 nitrogen and oxygen atoms in total. The molecule has 0 spiro atoms. The molecule has 64 heavy (non-hydrogen) atoms. The number of hydrogen-bond acceptors (Lipinski definition) is 1. The first kappa shape index (κ1) is 37.3. The lowest BCUT2D eigenvalue weighted by molar-refractivity contribution is 1.18. The first-order valence-electron chi connectivity index (χ1n) is 22.0. The van der Waals surface area contributed by atoms with Gasteiger partial charge in [-0.1, -0.05) is 182 Å². The number of hydrogen-bond donors (Lipinski definition) is 0. The highest BCUT2D eigenvalue weighted by Gasteiger charge is 2.21. The fourth-order valence-corrected chi connectivity index (χ4v) is 9.61. The minimum Gasteiger partial charge on any atom is -0.310 e. The van der Waals surface area contributed by atoms with Gasteiger partial charge in [-0.3, -0.25) is 0 Å². The van der Waals surface area contributed by atoms with Crippen LogP contribution < -0.4 is 4.90 Å². The Hall–Kier alpha value is -8.46. The summed E-state index contributed by atoms with van der Waals surface area (Å²) in [6.07, 6.45) is 0. The molecule has 0 saturated carbocycles. The smallest absolute Gasteiger partial charge is 0.0561 e. The van der Waals surface area contributed by atoms with Crippen LogP contribution in [0.1, 0.15) is 0 Å². The van der Waals surface area contributed by atoms with Crippen LogP contribution in [0, 0.1) is 0 Å². The summed E-state index contributed by atoms with van der Waals surface area (Å²) in [6.45, 7) is 0. The average molecular weight is 815 g/mol. The first-order chi connectivity index (χ1) is 31.7. The Morgan fingerprint density at radius 2 is 0.750 bits per heavy atom. The standard InChI is InChI=1S/C62H42N2/c1-4-18-45(19-5-1)57-34-32-54(41-60(57)46-20-6-2-7-21-46)63(55-33-35-59-58-26-14-15-27-61(58)64(62(59)42-55)53-24-8-3-9-25-53)56-39-51(49-30-28-43-16-10-12-22-47(43)36-49)38-52(40-56)50-31-29-44-17-11-13-23-48(44)37-50/h1-42H. The number of fused-ring (bicyclic) bond motifs is 5. The van der Waals surface area contributed by atoms with Gasteiger partial charge in [0.25, 0.3) is 0 Å². The Balaban J connectivity index is 1.15. The van der Waals surface area contributed by atoms with Crippen LogP contribution in [0.15, 0.2) is 255 Å². The number of benzene rings is 11. The van der Waals surface area contributed by atoms with E-state index in [9.17, 15) is 0 Å². The molecular formula is C62H42N2. The van der Waals surface area contributed by atoms with Gasteiger partial charge in [0.05, 0.1) is 11.0 Å². The second-order valence-electron chi connectivity index (χ2n) is 16.6. The van der Waals surface area contributed by atoms with E-state index in [-0.39, 0.29) is 0 Å². The third-order valence-electron chi connectivity index (χ3n) is 12.7. The van der Waals surface area contributed by atoms with Crippen molar-refractivity contribution >= 4 is 60.4 Å². The molecule has 0 amide bonds. The Morgan fingerprint density at radius 3 is 1.39 bits per heavy atom. The van der Waals surface area contributed by atoms with Gasteiger partial charge in [0.2, 0.25) is 0 Å². The number of para-hydroxylation sites is 2. The van der Waals surface area contributed by atoms with E-state index in [2.05, 4.69) is 264 Å². The van der Waals surface area contributed by atoms with Crippen molar-refractivity contribution in [1.82, 2.24) is 4.57 Å². The minimum atomic E-state index is 1.07. The van der Waals surface area contributed by atoms with Crippen molar-refractivity contribution in [3.8, 4) is 50.2 Å². The number of aromatic nitrogens is 1. The van der Waals surface area contributed by atoms with Crippen LogP contribution in [-0.2, 0) is 0 Å². The van der Waals surface area contributed by atoms with E-state index in [1.165, 1.54) is 71.2 Å². The summed E-state index contributed by atoms with van der Waals surface area (Å²) in [5.41, 5.74) is 16.1. The third-order valence-corrected chi connectivity index (χ3v) is 12.7. The summed E-state index contributed by atoms with van der Waals surface area (Å²) in [4.78, 5) is 2.46. The van der Waals surface area contributed by atoms with Crippen molar-refractivity contribution in [1.29, 1.82) is 0 Å². The lowest BCUT2D eigenvalue weighted by Gasteiger charge is -2.28. The second kappa shape index (κ2) is 15.8. The molecule has 0 aliphatic heterocycles. The highest BCUT2D eigenvalue weighted by atomic mass is 15.1. The van der Waals surface area contributed by atoms with Gasteiger partial charge in [-0.2, -0.15) is 0 Å². The molecule has 11 aromatic carbocycles. The molecule has 12 aromatic rings. The van der Waals surface area contributed by atoms with Crippen molar-refractivity contribution in [3.63, 3.8) is 0 Å². The monoisotopic (exact) mass is 814 g/mol. The van der Waals surface area contributed by atoms with Crippen molar-refractivity contribution in [3.05, 3.63) is 255 Å². The molecule has 0 atom stereocenters. The first-order valence-corrected chi connectivity index (χ1v) is 22.0. The maximum atomic E-state index is 2.46. The van der Waals surface area contributed by atoms with Crippen molar-refractivity contribution in [2.24, 2.45) is 0 Å². The normalized spacial score (nSPS) is 11.4. The van der Waals surface area contributed by atoms with Crippen LogP contribution in [0.25, 0.3) is 93.5 Å². The zero-order valence-corrected chi connectivity index (χ0v) is 35.1. The SMILES string of the molecule is c1ccc(-c2ccc(N(c3cc(-c4ccc5ccccc5c4)cc(-c4ccc5ccccc5c4)c3)c3ccc4c5ccccc5n(-c5ccccc5)c4c3)cc2-c2ccccc2)cc1. The Morgan fingerprint density at radius 1 is 0.250 bits per heavy atom. The van der Waals surface area contributed by atoms with E-state index >= 15 is 0 Å². The fourth-order valence-electron chi connectivity index (χ4n) is 9.61. The molecule has 0 N–H and O–H groups in total. The molecule has 300 valence electrons. The van der Waals surface area contributed by atoms with Gasteiger partial charge in [-0.05, 0) is 139 Å². The van der Waals surface area contributed by atoms with Crippen LogP contribution in [0.4, 0.5) is 17.1 Å². The lowest BCUT2D eigenvalue weighted by Crippen LogP contribution is -2.11. The molecule has 0 fully saturated rings. The average Bonchev–Trinajstić information content (AvgIpc) is 3.70. The van der Waals surface area contributed by atoms with E-state index in [0.717, 1.165) is 39.4 Å². The summed E-state index contributed by atoms with van der Waals surface area (Å²) in [5.74, 6) is 0. The molecule has 12 rings (SSSR count). The van der Waals surface area contributed by atoms with Gasteiger partial charge in [-0.25, -0.2) is 0 Å². The zero-order valence-electron chi connectivity index (χ0n) is 35.1. The largest absolute Gasteiger partial charge is 0.310 e. The number of anilines is 3. The van der Waals surface area contributed by atoms with Gasteiger partial charge < -0.3 is 9.47 Å². The topological polar surface area (TPSA) is 8.17 Å². The maximum absolute atomic E-state index is 2.46. The molecule has 0 aliphatic rings. The quantitative estimate of drug-likeness (QED) is 0.148. The van der Waals surface area contributed by atoms with Crippen LogP contribution in [-0.4, -0.2) is 4.57 Å². The van der Waals surface area contributed by atoms with E-state index in [1.807, 2.05) is 0 Å². The van der Waals surface area contributed by atoms with Crippen LogP contribution >= 0.6 is 0 Å². The summed E-state index contributed by atoms with van der Waals surface area (Å²) >= 11 is 0. The minimum absolute atomic E-state index is 1.07. The number of nitrogens with zero attached hydrogens (tertiary/aromatic N) is 2. The second-order valence-corrected chi connectivity index (χ2v) is 16.6. The number of rotatable bonds is 8. The summed E-state index contributed by atoms with van der Waals surface area (Å²) in [6, 6.07) is 93.1. The molecule has 0 unspecified atom stereocenters. The predicted molar refractivity (Wildman–Crippen MR) is 272 cm³/mol. The summed E-state index contributed by atoms with van der Waals surface area (Å²) in [5, 5.41) is 7.35. The van der Waals surface area contributed by atoms with E-state index in [4.69, 9.17) is 0 Å². The molecule has 0 aliphatic carbocycles. The Bertz CT molecular complexity index is 3560. The van der Waals surface area contributed by atoms with Gasteiger partial charge >= 0.3 is 0 Å². The maximum Gasteiger partial charge on any atom is 0.0561 e. The summed E-state index contributed by atoms with van der Waals surface area (Å²) < 4.78 is 2.41. The molecule has 2 heteroatoms. The van der Waals surface area contributed by atoms with Gasteiger partial charge in [0, 0.05) is 33.5 Å². The van der Waals surface area contributed by atoms with E-state index < -0.39 is 0 Å². The van der Waals surface area contributed by atoms with Crippen molar-refractivity contribution in [2.45, 2.75) is 0 Å². The zero-order chi connectivity index (χ0) is 42.4. The van der Waals surface area contributed by atoms with E-state index in [0.29, 0.717) is 0 Å². The highest BCUT2D eigenvalue weighted by molar-refractivity contribution is 6.10. The third kappa shape index (κ3) is 6.70. The molecule has 1 heterocycles.